The van der Waals surface area contributed by atoms with Gasteiger partial charge in [0.1, 0.15) is 10.8 Å². The van der Waals surface area contributed by atoms with Crippen LogP contribution < -0.4 is 4.74 Å². The molecule has 6 nitrogen and oxygen atoms in total. The highest BCUT2D eigenvalue weighted by Gasteiger charge is 2.18. The average molecular weight is 411 g/mol. The number of thiazole rings is 1. The van der Waals surface area contributed by atoms with Crippen LogP contribution in [0.5, 0.6) is 5.75 Å². The molecule has 1 heterocycles. The summed E-state index contributed by atoms with van der Waals surface area (Å²) in [6.45, 7) is 3.00. The Kier molecular flexibility index (Phi) is 8.54. The van der Waals surface area contributed by atoms with Crippen LogP contribution in [0.15, 0.2) is 29.6 Å². The number of amides is 1. The fourth-order valence-electron chi connectivity index (χ4n) is 2.36. The zero-order valence-corrected chi connectivity index (χ0v) is 17.0. The Morgan fingerprint density at radius 3 is 2.63 bits per heavy atom. The largest absolute Gasteiger partial charge is 0.484 e. The molecular formula is C19H23ClN2O4S. The number of aromatic nitrogens is 1. The molecule has 0 aliphatic rings. The van der Waals surface area contributed by atoms with Crippen LogP contribution in [0.1, 0.15) is 41.7 Å². The Morgan fingerprint density at radius 2 is 1.96 bits per heavy atom. The second-order valence-electron chi connectivity index (χ2n) is 5.88. The highest BCUT2D eigenvalue weighted by atomic mass is 35.5. The molecule has 0 saturated carbocycles. The topological polar surface area (TPSA) is 68.7 Å². The van der Waals surface area contributed by atoms with Gasteiger partial charge in [0.15, 0.2) is 12.3 Å². The van der Waals surface area contributed by atoms with E-state index in [2.05, 4.69) is 16.6 Å². The van der Waals surface area contributed by atoms with Crippen molar-refractivity contribution in [3.05, 3.63) is 45.4 Å². The molecular weight excluding hydrogens is 388 g/mol. The SMILES string of the molecule is CCCCCN(Cc1nc(C(=O)OC)cs1)C(=O)COc1ccc(Cl)cc1. The van der Waals surface area contributed by atoms with Crippen molar-refractivity contribution in [2.24, 2.45) is 0 Å². The standard InChI is InChI=1S/C19H23ClN2O4S/c1-3-4-5-10-22(11-17-21-16(13-27-17)19(24)25-2)18(23)12-26-15-8-6-14(20)7-9-15/h6-9,13H,3-5,10-12H2,1-2H3. The fraction of sp³-hybridized carbons (Fsp3) is 0.421. The second kappa shape index (κ2) is 10.9. The number of hydrogen-bond donors (Lipinski definition) is 0. The molecule has 0 spiro atoms. The van der Waals surface area contributed by atoms with Gasteiger partial charge >= 0.3 is 5.97 Å². The number of rotatable bonds is 10. The first-order valence-corrected chi connectivity index (χ1v) is 9.98. The van der Waals surface area contributed by atoms with Gasteiger partial charge in [-0.1, -0.05) is 31.4 Å². The Labute approximate surface area is 168 Å². The van der Waals surface area contributed by atoms with Gasteiger partial charge in [0.25, 0.3) is 5.91 Å². The van der Waals surface area contributed by atoms with E-state index in [1.54, 1.807) is 34.5 Å². The third kappa shape index (κ3) is 6.84. The lowest BCUT2D eigenvalue weighted by Crippen LogP contribution is -2.35. The molecule has 27 heavy (non-hydrogen) atoms. The lowest BCUT2D eigenvalue weighted by molar-refractivity contribution is -0.134. The zero-order chi connectivity index (χ0) is 19.6. The van der Waals surface area contributed by atoms with Crippen molar-refractivity contribution >= 4 is 34.8 Å². The number of carbonyl (C=O) groups is 2. The molecule has 0 N–H and O–H groups in total. The molecule has 2 aromatic rings. The maximum atomic E-state index is 12.6. The lowest BCUT2D eigenvalue weighted by Gasteiger charge is -2.21. The normalized spacial score (nSPS) is 10.5. The van der Waals surface area contributed by atoms with Crippen molar-refractivity contribution in [1.29, 1.82) is 0 Å². The zero-order valence-electron chi connectivity index (χ0n) is 15.4. The monoisotopic (exact) mass is 410 g/mol. The first-order valence-electron chi connectivity index (χ1n) is 8.72. The summed E-state index contributed by atoms with van der Waals surface area (Å²) in [6, 6.07) is 6.87. The summed E-state index contributed by atoms with van der Waals surface area (Å²) in [4.78, 5) is 30.2. The number of carbonyl (C=O) groups excluding carboxylic acids is 2. The maximum absolute atomic E-state index is 12.6. The van der Waals surface area contributed by atoms with E-state index in [-0.39, 0.29) is 18.2 Å². The average Bonchev–Trinajstić information content (AvgIpc) is 3.14. The summed E-state index contributed by atoms with van der Waals surface area (Å²) < 4.78 is 10.2. The molecule has 146 valence electrons. The molecule has 8 heteroatoms. The maximum Gasteiger partial charge on any atom is 0.357 e. The highest BCUT2D eigenvalue weighted by molar-refractivity contribution is 7.09. The lowest BCUT2D eigenvalue weighted by atomic mass is 10.2. The van der Waals surface area contributed by atoms with Gasteiger partial charge in [-0.25, -0.2) is 9.78 Å². The molecule has 0 radical (unpaired) electrons. The van der Waals surface area contributed by atoms with Crippen LogP contribution in [0, 0.1) is 0 Å². The van der Waals surface area contributed by atoms with Crippen molar-refractivity contribution in [2.75, 3.05) is 20.3 Å². The van der Waals surface area contributed by atoms with Crippen LogP contribution in [0.4, 0.5) is 0 Å². The van der Waals surface area contributed by atoms with Crippen molar-refractivity contribution in [1.82, 2.24) is 9.88 Å². The Hall–Kier alpha value is -2.12. The van der Waals surface area contributed by atoms with E-state index in [9.17, 15) is 9.59 Å². The second-order valence-corrected chi connectivity index (χ2v) is 7.26. The molecule has 0 aliphatic carbocycles. The molecule has 0 unspecified atom stereocenters. The molecule has 0 fully saturated rings. The van der Waals surface area contributed by atoms with Crippen LogP contribution in [-0.2, 0) is 16.1 Å². The molecule has 0 atom stereocenters. The number of hydrogen-bond acceptors (Lipinski definition) is 6. The van der Waals surface area contributed by atoms with Crippen molar-refractivity contribution < 1.29 is 19.1 Å². The van der Waals surface area contributed by atoms with Gasteiger partial charge in [0.2, 0.25) is 0 Å². The molecule has 1 aromatic heterocycles. The van der Waals surface area contributed by atoms with E-state index in [0.717, 1.165) is 19.3 Å². The summed E-state index contributed by atoms with van der Waals surface area (Å²) in [7, 11) is 1.32. The number of benzene rings is 1. The Balaban J connectivity index is 1.98. The fourth-order valence-corrected chi connectivity index (χ4v) is 3.26. The third-order valence-corrected chi connectivity index (χ3v) is 4.92. The molecule has 1 amide bonds. The summed E-state index contributed by atoms with van der Waals surface area (Å²) in [5.41, 5.74) is 0.260. The minimum absolute atomic E-state index is 0.0665. The Bertz CT molecular complexity index is 748. The van der Waals surface area contributed by atoms with Crippen molar-refractivity contribution in [3.8, 4) is 5.75 Å². The van der Waals surface area contributed by atoms with Crippen LogP contribution in [-0.4, -0.2) is 42.0 Å². The van der Waals surface area contributed by atoms with Gasteiger partial charge in [-0.3, -0.25) is 4.79 Å². The third-order valence-electron chi connectivity index (χ3n) is 3.83. The van der Waals surface area contributed by atoms with E-state index in [1.807, 2.05) is 0 Å². The van der Waals surface area contributed by atoms with Gasteiger partial charge < -0.3 is 14.4 Å². The number of ether oxygens (including phenoxy) is 2. The van der Waals surface area contributed by atoms with Gasteiger partial charge in [-0.05, 0) is 30.7 Å². The van der Waals surface area contributed by atoms with E-state index >= 15 is 0 Å². The van der Waals surface area contributed by atoms with Gasteiger partial charge in [-0.15, -0.1) is 11.3 Å². The van der Waals surface area contributed by atoms with Crippen molar-refractivity contribution in [3.63, 3.8) is 0 Å². The quantitative estimate of drug-likeness (QED) is 0.434. The van der Waals surface area contributed by atoms with E-state index in [0.29, 0.717) is 28.9 Å². The summed E-state index contributed by atoms with van der Waals surface area (Å²) in [6.07, 6.45) is 3.00. The summed E-state index contributed by atoms with van der Waals surface area (Å²) in [5, 5.41) is 2.94. The number of esters is 1. The molecule has 2 rings (SSSR count). The number of halogens is 1. The number of methoxy groups -OCH3 is 1. The number of unbranched alkanes of at least 4 members (excludes halogenated alkanes) is 2. The summed E-state index contributed by atoms with van der Waals surface area (Å²) >= 11 is 7.18. The highest BCUT2D eigenvalue weighted by Crippen LogP contribution is 2.17. The van der Waals surface area contributed by atoms with Crippen LogP contribution in [0.3, 0.4) is 0 Å². The minimum atomic E-state index is -0.479. The van der Waals surface area contributed by atoms with E-state index in [1.165, 1.54) is 18.4 Å². The van der Waals surface area contributed by atoms with Gasteiger partial charge in [0.05, 0.1) is 13.7 Å². The van der Waals surface area contributed by atoms with Crippen LogP contribution >= 0.6 is 22.9 Å². The predicted molar refractivity (Wildman–Crippen MR) is 105 cm³/mol. The van der Waals surface area contributed by atoms with Gasteiger partial charge in [-0.2, -0.15) is 0 Å². The van der Waals surface area contributed by atoms with Crippen LogP contribution in [0.2, 0.25) is 5.02 Å². The number of nitrogens with zero attached hydrogens (tertiary/aromatic N) is 2. The smallest absolute Gasteiger partial charge is 0.357 e. The van der Waals surface area contributed by atoms with Crippen molar-refractivity contribution in [2.45, 2.75) is 32.7 Å². The summed E-state index contributed by atoms with van der Waals surface area (Å²) in [5.74, 6) is -0.0215. The van der Waals surface area contributed by atoms with Gasteiger partial charge in [0, 0.05) is 16.9 Å². The molecule has 1 aromatic carbocycles. The molecule has 0 aliphatic heterocycles. The molecule has 0 saturated heterocycles. The van der Waals surface area contributed by atoms with E-state index < -0.39 is 5.97 Å². The minimum Gasteiger partial charge on any atom is -0.484 e. The molecule has 0 bridgehead atoms. The predicted octanol–water partition coefficient (Wildman–Crippen LogP) is 4.18. The van der Waals surface area contributed by atoms with Crippen LogP contribution in [0.25, 0.3) is 0 Å². The first kappa shape index (κ1) is 21.2. The Morgan fingerprint density at radius 1 is 1.22 bits per heavy atom. The first-order chi connectivity index (χ1) is 13.0. The van der Waals surface area contributed by atoms with E-state index in [4.69, 9.17) is 16.3 Å².